The van der Waals surface area contributed by atoms with Gasteiger partial charge < -0.3 is 4.98 Å². The largest absolute Gasteiger partial charge is 0.338 e. The Morgan fingerprint density at radius 2 is 2.06 bits per heavy atom. The van der Waals surface area contributed by atoms with Crippen molar-refractivity contribution in [1.29, 1.82) is 0 Å². The van der Waals surface area contributed by atoms with Crippen molar-refractivity contribution in [1.82, 2.24) is 9.97 Å². The van der Waals surface area contributed by atoms with Crippen molar-refractivity contribution in [2.45, 2.75) is 0 Å². The number of benzene rings is 2. The first-order valence-corrected chi connectivity index (χ1v) is 7.50. The molecule has 0 saturated carbocycles. The lowest BCUT2D eigenvalue weighted by atomic mass is 10.2. The van der Waals surface area contributed by atoms with Gasteiger partial charge >= 0.3 is 0 Å². The van der Waals surface area contributed by atoms with E-state index in [1.165, 1.54) is 0 Å². The van der Waals surface area contributed by atoms with Gasteiger partial charge in [0, 0.05) is 13.6 Å². The van der Waals surface area contributed by atoms with Crippen molar-refractivity contribution in [2.24, 2.45) is 0 Å². The lowest BCUT2D eigenvalue weighted by Crippen LogP contribution is -1.83. The number of rotatable bonds is 1. The van der Waals surface area contributed by atoms with Crippen molar-refractivity contribution in [3.63, 3.8) is 0 Å². The average Bonchev–Trinajstić information content (AvgIpc) is 2.77. The number of aromatic nitrogens is 2. The molecule has 2 aromatic carbocycles. The van der Waals surface area contributed by atoms with E-state index in [4.69, 9.17) is 11.6 Å². The molecule has 1 N–H and O–H groups in total. The maximum atomic E-state index is 6.13. The summed E-state index contributed by atoms with van der Waals surface area (Å²) in [5, 5.41) is 0.664. The summed E-state index contributed by atoms with van der Waals surface area (Å²) in [6, 6.07) is 11.9. The predicted molar refractivity (Wildman–Crippen MR) is 87.0 cm³/mol. The molecule has 0 aliphatic rings. The van der Waals surface area contributed by atoms with Gasteiger partial charge in [-0.15, -0.1) is 0 Å². The number of imidazole rings is 1. The SMILES string of the molecule is Clc1cccc2[nH]c(-c3cc(I)ccc3Br)nc12. The minimum absolute atomic E-state index is 0.664. The Balaban J connectivity index is 2.26. The first-order valence-electron chi connectivity index (χ1n) is 5.25. The van der Waals surface area contributed by atoms with Crippen LogP contribution in [-0.2, 0) is 0 Å². The second-order valence-corrected chi connectivity index (χ2v) is 6.35. The summed E-state index contributed by atoms with van der Waals surface area (Å²) in [5.74, 6) is 0.823. The van der Waals surface area contributed by atoms with Crippen molar-refractivity contribution in [3.8, 4) is 11.4 Å². The zero-order valence-electron chi connectivity index (χ0n) is 9.05. The molecule has 1 aromatic heterocycles. The average molecular weight is 433 g/mol. The van der Waals surface area contributed by atoms with Crippen LogP contribution in [0, 0.1) is 3.57 Å². The molecule has 0 radical (unpaired) electrons. The maximum absolute atomic E-state index is 6.13. The number of H-pyrrole nitrogens is 1. The topological polar surface area (TPSA) is 28.7 Å². The standard InChI is InChI=1S/C13H7BrClIN2/c14-9-5-4-7(16)6-8(9)13-17-11-3-1-2-10(15)12(11)18-13/h1-6H,(H,17,18). The van der Waals surface area contributed by atoms with Gasteiger partial charge in [0.2, 0.25) is 0 Å². The third-order valence-corrected chi connectivity index (χ3v) is 4.31. The maximum Gasteiger partial charge on any atom is 0.139 e. The molecule has 0 unspecified atom stereocenters. The predicted octanol–water partition coefficient (Wildman–Crippen LogP) is 5.25. The van der Waals surface area contributed by atoms with E-state index in [1.807, 2.05) is 30.3 Å². The van der Waals surface area contributed by atoms with E-state index >= 15 is 0 Å². The van der Waals surface area contributed by atoms with Crippen molar-refractivity contribution < 1.29 is 0 Å². The fraction of sp³-hybridized carbons (Fsp3) is 0. The number of halogens is 3. The molecular formula is C13H7BrClIN2. The van der Waals surface area contributed by atoms with Gasteiger partial charge in [-0.3, -0.25) is 0 Å². The zero-order chi connectivity index (χ0) is 12.7. The molecular weight excluding hydrogens is 426 g/mol. The van der Waals surface area contributed by atoms with E-state index < -0.39 is 0 Å². The summed E-state index contributed by atoms with van der Waals surface area (Å²) in [7, 11) is 0. The Hall–Kier alpha value is -0.590. The second kappa shape index (κ2) is 4.83. The molecule has 90 valence electrons. The Kier molecular flexibility index (Phi) is 3.34. The minimum atomic E-state index is 0.664. The molecule has 1 heterocycles. The molecule has 5 heteroatoms. The normalized spacial score (nSPS) is 11.1. The van der Waals surface area contributed by atoms with Crippen LogP contribution in [0.5, 0.6) is 0 Å². The van der Waals surface area contributed by atoms with Crippen LogP contribution in [0.4, 0.5) is 0 Å². The van der Waals surface area contributed by atoms with Crippen LogP contribution in [-0.4, -0.2) is 9.97 Å². The first-order chi connectivity index (χ1) is 8.65. The molecule has 0 bridgehead atoms. The summed E-state index contributed by atoms with van der Waals surface area (Å²) in [4.78, 5) is 7.86. The molecule has 18 heavy (non-hydrogen) atoms. The zero-order valence-corrected chi connectivity index (χ0v) is 13.5. The van der Waals surface area contributed by atoms with Crippen LogP contribution in [0.25, 0.3) is 22.4 Å². The van der Waals surface area contributed by atoms with Crippen LogP contribution < -0.4 is 0 Å². The summed E-state index contributed by atoms with van der Waals surface area (Å²) in [6.07, 6.45) is 0. The van der Waals surface area contributed by atoms with Gasteiger partial charge in [-0.25, -0.2) is 4.98 Å². The highest BCUT2D eigenvalue weighted by Crippen LogP contribution is 2.31. The van der Waals surface area contributed by atoms with E-state index in [1.54, 1.807) is 0 Å². The molecule has 0 amide bonds. The Morgan fingerprint density at radius 3 is 2.83 bits per heavy atom. The van der Waals surface area contributed by atoms with Gasteiger partial charge in [0.25, 0.3) is 0 Å². The van der Waals surface area contributed by atoms with Gasteiger partial charge in [0.05, 0.1) is 10.5 Å². The number of nitrogens with zero attached hydrogens (tertiary/aromatic N) is 1. The molecule has 0 atom stereocenters. The number of aromatic amines is 1. The van der Waals surface area contributed by atoms with Gasteiger partial charge in [-0.05, 0) is 52.9 Å². The molecule has 2 nitrogen and oxygen atoms in total. The van der Waals surface area contributed by atoms with Gasteiger partial charge in [0.1, 0.15) is 11.3 Å². The lowest BCUT2D eigenvalue weighted by molar-refractivity contribution is 1.32. The fourth-order valence-corrected chi connectivity index (χ4v) is 2.95. The van der Waals surface area contributed by atoms with E-state index in [2.05, 4.69) is 54.6 Å². The molecule has 3 rings (SSSR count). The van der Waals surface area contributed by atoms with E-state index in [0.29, 0.717) is 5.02 Å². The summed E-state index contributed by atoms with van der Waals surface area (Å²) < 4.78 is 2.18. The van der Waals surface area contributed by atoms with E-state index in [0.717, 1.165) is 30.5 Å². The number of nitrogens with one attached hydrogen (secondary N) is 1. The van der Waals surface area contributed by atoms with Crippen LogP contribution >= 0.6 is 50.1 Å². The van der Waals surface area contributed by atoms with Gasteiger partial charge in [0.15, 0.2) is 0 Å². The molecule has 0 fully saturated rings. The Morgan fingerprint density at radius 1 is 1.22 bits per heavy atom. The van der Waals surface area contributed by atoms with Crippen LogP contribution in [0.1, 0.15) is 0 Å². The van der Waals surface area contributed by atoms with Crippen LogP contribution in [0.15, 0.2) is 40.9 Å². The van der Waals surface area contributed by atoms with Crippen LogP contribution in [0.3, 0.4) is 0 Å². The van der Waals surface area contributed by atoms with E-state index in [9.17, 15) is 0 Å². The highest BCUT2D eigenvalue weighted by Gasteiger charge is 2.10. The highest BCUT2D eigenvalue weighted by atomic mass is 127. The molecule has 0 saturated heterocycles. The molecule has 0 aliphatic carbocycles. The second-order valence-electron chi connectivity index (χ2n) is 3.85. The first kappa shape index (κ1) is 12.4. The molecule has 0 aliphatic heterocycles. The fourth-order valence-electron chi connectivity index (χ4n) is 1.80. The minimum Gasteiger partial charge on any atom is -0.338 e. The Labute approximate surface area is 131 Å². The third-order valence-electron chi connectivity index (χ3n) is 2.65. The lowest BCUT2D eigenvalue weighted by Gasteiger charge is -2.01. The van der Waals surface area contributed by atoms with Gasteiger partial charge in [-0.2, -0.15) is 0 Å². The van der Waals surface area contributed by atoms with Crippen molar-refractivity contribution in [3.05, 3.63) is 49.5 Å². The van der Waals surface area contributed by atoms with E-state index in [-0.39, 0.29) is 0 Å². The van der Waals surface area contributed by atoms with Gasteiger partial charge in [-0.1, -0.05) is 33.6 Å². The van der Waals surface area contributed by atoms with Crippen LogP contribution in [0.2, 0.25) is 5.02 Å². The number of fused-ring (bicyclic) bond motifs is 1. The molecule has 3 aromatic rings. The quantitative estimate of drug-likeness (QED) is 0.522. The number of hydrogen-bond acceptors (Lipinski definition) is 1. The monoisotopic (exact) mass is 432 g/mol. The number of hydrogen-bond donors (Lipinski definition) is 1. The highest BCUT2D eigenvalue weighted by molar-refractivity contribution is 14.1. The third kappa shape index (κ3) is 2.17. The number of para-hydroxylation sites is 1. The summed E-state index contributed by atoms with van der Waals surface area (Å²) in [5.41, 5.74) is 2.79. The Bertz CT molecular complexity index is 739. The molecule has 0 spiro atoms. The smallest absolute Gasteiger partial charge is 0.139 e. The van der Waals surface area contributed by atoms with Crippen molar-refractivity contribution >= 4 is 61.2 Å². The van der Waals surface area contributed by atoms with Crippen molar-refractivity contribution in [2.75, 3.05) is 0 Å². The summed E-state index contributed by atoms with van der Waals surface area (Å²) >= 11 is 12.0. The summed E-state index contributed by atoms with van der Waals surface area (Å²) in [6.45, 7) is 0.